The van der Waals surface area contributed by atoms with Crippen LogP contribution < -0.4 is 5.32 Å². The van der Waals surface area contributed by atoms with Gasteiger partial charge in [-0.1, -0.05) is 0 Å². The fraction of sp³-hybridized carbons (Fsp3) is 0.611. The number of carbonyl (C=O) groups excluding carboxylic acids is 1. The summed E-state index contributed by atoms with van der Waals surface area (Å²) in [6.45, 7) is 4.31. The van der Waals surface area contributed by atoms with Gasteiger partial charge in [0.1, 0.15) is 11.4 Å². The molecule has 0 aliphatic carbocycles. The molecule has 2 aliphatic heterocycles. The molecule has 2 saturated heterocycles. The minimum atomic E-state index is -0.902. The van der Waals surface area contributed by atoms with E-state index in [1.807, 2.05) is 31.7 Å². The maximum Gasteiger partial charge on any atom is 0.240 e. The second kappa shape index (κ2) is 6.44. The molecule has 0 aromatic carbocycles. The van der Waals surface area contributed by atoms with Gasteiger partial charge < -0.3 is 15.0 Å². The number of hydrogen-bond donors (Lipinski definition) is 2. The van der Waals surface area contributed by atoms with Crippen molar-refractivity contribution in [1.29, 1.82) is 0 Å². The zero-order chi connectivity index (χ0) is 18.5. The summed E-state index contributed by atoms with van der Waals surface area (Å²) in [6.07, 6.45) is 6.87. The van der Waals surface area contributed by atoms with E-state index in [4.69, 9.17) is 0 Å². The number of imidazole rings is 1. The summed E-state index contributed by atoms with van der Waals surface area (Å²) < 4.78 is 1.90. The van der Waals surface area contributed by atoms with Crippen molar-refractivity contribution in [2.45, 2.75) is 57.2 Å². The average Bonchev–Trinajstić information content (AvgIpc) is 3.19. The van der Waals surface area contributed by atoms with Crippen molar-refractivity contribution >= 4 is 22.4 Å². The summed E-state index contributed by atoms with van der Waals surface area (Å²) in [7, 11) is 1.92. The Labute approximate surface area is 157 Å². The second-order valence-electron chi connectivity index (χ2n) is 7.57. The smallest absolute Gasteiger partial charge is 0.240 e. The van der Waals surface area contributed by atoms with Gasteiger partial charge >= 0.3 is 0 Å². The topological polar surface area (TPSA) is 83.3 Å². The summed E-state index contributed by atoms with van der Waals surface area (Å²) in [5.74, 6) is 0.699. The van der Waals surface area contributed by atoms with E-state index in [9.17, 15) is 9.90 Å². The summed E-state index contributed by atoms with van der Waals surface area (Å²) in [5, 5.41) is 14.8. The SMILES string of the molecule is Cc1nc(NC(=O)CN2C3CCC2CC(O)(c2nccn2C)C3)sc1C. The van der Waals surface area contributed by atoms with E-state index in [2.05, 4.69) is 20.2 Å². The van der Waals surface area contributed by atoms with Gasteiger partial charge in [0.25, 0.3) is 0 Å². The highest BCUT2D eigenvalue weighted by molar-refractivity contribution is 7.15. The normalized spacial score (nSPS) is 28.5. The van der Waals surface area contributed by atoms with E-state index in [-0.39, 0.29) is 18.0 Å². The van der Waals surface area contributed by atoms with Crippen LogP contribution >= 0.6 is 11.3 Å². The number of aryl methyl sites for hydroxylation is 3. The van der Waals surface area contributed by atoms with Crippen molar-refractivity contribution in [2.75, 3.05) is 11.9 Å². The lowest BCUT2D eigenvalue weighted by Gasteiger charge is -2.43. The van der Waals surface area contributed by atoms with Crippen LogP contribution in [0.2, 0.25) is 0 Å². The number of fused-ring (bicyclic) bond motifs is 2. The van der Waals surface area contributed by atoms with Crippen molar-refractivity contribution in [3.63, 3.8) is 0 Å². The summed E-state index contributed by atoms with van der Waals surface area (Å²) in [6, 6.07) is 0.418. The number of aromatic nitrogens is 3. The molecule has 2 aliphatic rings. The van der Waals surface area contributed by atoms with E-state index < -0.39 is 5.60 Å². The van der Waals surface area contributed by atoms with Gasteiger partial charge in [0.15, 0.2) is 5.13 Å². The van der Waals surface area contributed by atoms with E-state index >= 15 is 0 Å². The molecule has 2 unspecified atom stereocenters. The molecular formula is C18H25N5O2S. The maximum atomic E-state index is 12.5. The third-order valence-electron chi connectivity index (χ3n) is 5.76. The Balaban J connectivity index is 1.43. The van der Waals surface area contributed by atoms with E-state index in [0.717, 1.165) is 29.2 Å². The number of aliphatic hydroxyl groups is 1. The van der Waals surface area contributed by atoms with E-state index in [0.29, 0.717) is 24.5 Å². The molecular weight excluding hydrogens is 350 g/mol. The van der Waals surface area contributed by atoms with Gasteiger partial charge in [0, 0.05) is 36.4 Å². The first-order chi connectivity index (χ1) is 12.4. The van der Waals surface area contributed by atoms with Crippen molar-refractivity contribution in [3.8, 4) is 0 Å². The van der Waals surface area contributed by atoms with Crippen molar-refractivity contribution in [3.05, 3.63) is 28.8 Å². The minimum absolute atomic E-state index is 0.0296. The van der Waals surface area contributed by atoms with Crippen LogP contribution in [0.4, 0.5) is 5.13 Å². The van der Waals surface area contributed by atoms with Crippen LogP contribution in [0.25, 0.3) is 0 Å². The molecule has 8 heteroatoms. The molecule has 0 saturated carbocycles. The lowest BCUT2D eigenvalue weighted by atomic mass is 9.85. The first kappa shape index (κ1) is 17.6. The third kappa shape index (κ3) is 3.06. The number of hydrogen-bond acceptors (Lipinski definition) is 6. The Morgan fingerprint density at radius 1 is 1.38 bits per heavy atom. The number of rotatable bonds is 4. The molecule has 7 nitrogen and oxygen atoms in total. The van der Waals surface area contributed by atoms with Gasteiger partial charge in [0.05, 0.1) is 12.2 Å². The van der Waals surface area contributed by atoms with Gasteiger partial charge in [0.2, 0.25) is 5.91 Å². The first-order valence-electron chi connectivity index (χ1n) is 9.05. The van der Waals surface area contributed by atoms with Crippen LogP contribution in [0.3, 0.4) is 0 Å². The molecule has 2 aromatic heterocycles. The number of carbonyl (C=O) groups is 1. The van der Waals surface area contributed by atoms with E-state index in [1.54, 1.807) is 6.20 Å². The Morgan fingerprint density at radius 2 is 2.08 bits per heavy atom. The third-order valence-corrected chi connectivity index (χ3v) is 6.74. The van der Waals surface area contributed by atoms with Crippen LogP contribution in [0.1, 0.15) is 42.1 Å². The predicted molar refractivity (Wildman–Crippen MR) is 100 cm³/mol. The maximum absolute atomic E-state index is 12.5. The van der Waals surface area contributed by atoms with Crippen molar-refractivity contribution < 1.29 is 9.90 Å². The Kier molecular flexibility index (Phi) is 4.37. The molecule has 2 N–H and O–H groups in total. The molecule has 2 bridgehead atoms. The summed E-state index contributed by atoms with van der Waals surface area (Å²) >= 11 is 1.51. The summed E-state index contributed by atoms with van der Waals surface area (Å²) in [5.41, 5.74) is 0.0594. The Morgan fingerprint density at radius 3 is 2.62 bits per heavy atom. The molecule has 0 spiro atoms. The lowest BCUT2D eigenvalue weighted by Crippen LogP contribution is -2.52. The van der Waals surface area contributed by atoms with Crippen LogP contribution in [0, 0.1) is 13.8 Å². The van der Waals surface area contributed by atoms with Crippen molar-refractivity contribution in [1.82, 2.24) is 19.4 Å². The average molecular weight is 375 g/mol. The number of nitrogens with zero attached hydrogens (tertiary/aromatic N) is 4. The molecule has 140 valence electrons. The Bertz CT molecular complexity index is 796. The Hall–Kier alpha value is -1.77. The van der Waals surface area contributed by atoms with Crippen LogP contribution in [0.15, 0.2) is 12.4 Å². The van der Waals surface area contributed by atoms with Gasteiger partial charge in [-0.05, 0) is 39.5 Å². The van der Waals surface area contributed by atoms with E-state index in [1.165, 1.54) is 11.3 Å². The molecule has 4 rings (SSSR count). The number of piperidine rings is 1. The second-order valence-corrected chi connectivity index (χ2v) is 8.77. The number of anilines is 1. The fourth-order valence-corrected chi connectivity index (χ4v) is 5.25. The molecule has 2 fully saturated rings. The molecule has 4 heterocycles. The zero-order valence-corrected chi connectivity index (χ0v) is 16.2. The first-order valence-corrected chi connectivity index (χ1v) is 9.87. The largest absolute Gasteiger partial charge is 0.382 e. The highest BCUT2D eigenvalue weighted by Gasteiger charge is 2.50. The molecule has 0 radical (unpaired) electrons. The van der Waals surface area contributed by atoms with Gasteiger partial charge in [-0.3, -0.25) is 9.69 Å². The van der Waals surface area contributed by atoms with Crippen LogP contribution in [0.5, 0.6) is 0 Å². The van der Waals surface area contributed by atoms with Gasteiger partial charge in [-0.15, -0.1) is 11.3 Å². The minimum Gasteiger partial charge on any atom is -0.382 e. The number of amides is 1. The predicted octanol–water partition coefficient (Wildman–Crippen LogP) is 1.95. The number of thiazole rings is 1. The van der Waals surface area contributed by atoms with Crippen LogP contribution in [-0.4, -0.2) is 49.1 Å². The highest BCUT2D eigenvalue weighted by Crippen LogP contribution is 2.45. The molecule has 2 aromatic rings. The zero-order valence-electron chi connectivity index (χ0n) is 15.4. The highest BCUT2D eigenvalue weighted by atomic mass is 32.1. The summed E-state index contributed by atoms with van der Waals surface area (Å²) in [4.78, 5) is 24.6. The molecule has 2 atom stereocenters. The number of nitrogens with one attached hydrogen (secondary N) is 1. The quantitative estimate of drug-likeness (QED) is 0.853. The fourth-order valence-electron chi connectivity index (χ4n) is 4.42. The van der Waals surface area contributed by atoms with Crippen molar-refractivity contribution in [2.24, 2.45) is 7.05 Å². The lowest BCUT2D eigenvalue weighted by molar-refractivity contribution is -0.121. The van der Waals surface area contributed by atoms with Gasteiger partial charge in [-0.2, -0.15) is 0 Å². The molecule has 1 amide bonds. The standard InChI is InChI=1S/C18H25N5O2S/c1-11-12(2)26-17(20-11)21-15(24)10-23-13-4-5-14(23)9-18(25,8-13)16-19-6-7-22(16)3/h6-7,13-14,25H,4-5,8-10H2,1-3H3,(H,20,21,24). The van der Waals surface area contributed by atoms with Crippen LogP contribution in [-0.2, 0) is 17.4 Å². The monoisotopic (exact) mass is 375 g/mol. The molecule has 26 heavy (non-hydrogen) atoms. The van der Waals surface area contributed by atoms with Gasteiger partial charge in [-0.25, -0.2) is 9.97 Å².